The predicted molar refractivity (Wildman–Crippen MR) is 71.5 cm³/mol. The van der Waals surface area contributed by atoms with Crippen LogP contribution in [0.4, 0.5) is 0 Å². The Morgan fingerprint density at radius 2 is 1.89 bits per heavy atom. The molecule has 1 aromatic carbocycles. The average molecular weight is 266 g/mol. The summed E-state index contributed by atoms with van der Waals surface area (Å²) in [6.45, 7) is 1.62. The lowest BCUT2D eigenvalue weighted by molar-refractivity contribution is 0.361. The Bertz CT molecular complexity index is 535. The summed E-state index contributed by atoms with van der Waals surface area (Å²) in [5, 5.41) is 7.87. The highest BCUT2D eigenvalue weighted by Crippen LogP contribution is 2.16. The zero-order valence-electron chi connectivity index (χ0n) is 10.5. The lowest BCUT2D eigenvalue weighted by atomic mass is 10.1. The molecule has 1 heterocycles. The first-order valence-electron chi connectivity index (χ1n) is 6.08. The summed E-state index contributed by atoms with van der Waals surface area (Å²) in [5.74, 6) is 0.688. The van der Waals surface area contributed by atoms with Gasteiger partial charge < -0.3 is 4.90 Å². The summed E-state index contributed by atoms with van der Waals surface area (Å²) in [7, 11) is -3.12. The van der Waals surface area contributed by atoms with Crippen LogP contribution in [0.3, 0.4) is 0 Å². The number of benzene rings is 1. The van der Waals surface area contributed by atoms with Gasteiger partial charge in [-0.15, -0.1) is 0 Å². The summed E-state index contributed by atoms with van der Waals surface area (Å²) in [6, 6.07) is 6.94. The molecule has 1 aromatic rings. The maximum absolute atomic E-state index is 11.3. The quantitative estimate of drug-likeness (QED) is 0.911. The van der Waals surface area contributed by atoms with Crippen molar-refractivity contribution in [3.63, 3.8) is 0 Å². The number of likely N-dealkylation sites (tertiary alicyclic amines) is 1. The van der Waals surface area contributed by atoms with Crippen LogP contribution in [0.1, 0.15) is 24.8 Å². The van der Waals surface area contributed by atoms with Crippen molar-refractivity contribution in [1.82, 2.24) is 4.90 Å². The van der Waals surface area contributed by atoms with Gasteiger partial charge in [-0.1, -0.05) is 12.1 Å². The number of piperidine rings is 1. The molecule has 0 radical (unpaired) electrons. The van der Waals surface area contributed by atoms with Crippen molar-refractivity contribution in [2.45, 2.75) is 30.7 Å². The topological polar surface area (TPSA) is 61.2 Å². The van der Waals surface area contributed by atoms with Crippen LogP contribution in [0.2, 0.25) is 0 Å². The second-order valence-electron chi connectivity index (χ2n) is 4.74. The molecule has 2 rings (SSSR count). The first-order valence-corrected chi connectivity index (χ1v) is 7.97. The van der Waals surface area contributed by atoms with Gasteiger partial charge in [0.15, 0.2) is 9.84 Å². The van der Waals surface area contributed by atoms with Gasteiger partial charge >= 0.3 is 0 Å². The molecule has 98 valence electrons. The molecule has 1 aliphatic heterocycles. The maximum Gasteiger partial charge on any atom is 0.175 e. The fourth-order valence-electron chi connectivity index (χ4n) is 2.13. The van der Waals surface area contributed by atoms with Gasteiger partial charge in [-0.25, -0.2) is 8.42 Å². The van der Waals surface area contributed by atoms with Gasteiger partial charge in [0.05, 0.1) is 10.7 Å². The van der Waals surface area contributed by atoms with E-state index in [9.17, 15) is 8.42 Å². The zero-order chi connectivity index (χ0) is 13.2. The monoisotopic (exact) mass is 266 g/mol. The highest BCUT2D eigenvalue weighted by molar-refractivity contribution is 7.90. The Hall–Kier alpha value is -1.36. The fourth-order valence-corrected chi connectivity index (χ4v) is 2.76. The van der Waals surface area contributed by atoms with Gasteiger partial charge in [-0.3, -0.25) is 5.41 Å². The van der Waals surface area contributed by atoms with E-state index >= 15 is 0 Å². The van der Waals surface area contributed by atoms with E-state index in [0.29, 0.717) is 17.3 Å². The number of nitrogens with zero attached hydrogens (tertiary/aromatic N) is 1. The van der Waals surface area contributed by atoms with Crippen molar-refractivity contribution in [3.8, 4) is 0 Å². The lowest BCUT2D eigenvalue weighted by Crippen LogP contribution is -2.34. The van der Waals surface area contributed by atoms with Gasteiger partial charge in [-0.2, -0.15) is 0 Å². The van der Waals surface area contributed by atoms with Crippen LogP contribution in [0, 0.1) is 5.41 Å². The highest BCUT2D eigenvalue weighted by atomic mass is 32.2. The summed E-state index contributed by atoms with van der Waals surface area (Å²) in [6.07, 6.45) is 4.29. The predicted octanol–water partition coefficient (Wildman–Crippen LogP) is 2.05. The van der Waals surface area contributed by atoms with Crippen molar-refractivity contribution in [2.75, 3.05) is 12.8 Å². The summed E-state index contributed by atoms with van der Waals surface area (Å²) in [4.78, 5) is 2.40. The Balaban J connectivity index is 2.08. The molecular formula is C13H18N2O2S. The smallest absolute Gasteiger partial charge is 0.175 e. The molecule has 0 saturated carbocycles. The van der Waals surface area contributed by atoms with Gasteiger partial charge in [0.1, 0.15) is 0 Å². The maximum atomic E-state index is 11.3. The van der Waals surface area contributed by atoms with Crippen LogP contribution in [-0.2, 0) is 16.4 Å². The number of nitrogens with one attached hydrogen (secondary N) is 1. The Morgan fingerprint density at radius 3 is 2.44 bits per heavy atom. The van der Waals surface area contributed by atoms with Crippen LogP contribution in [0.15, 0.2) is 29.2 Å². The molecule has 1 aliphatic rings. The number of amidine groups is 1. The molecule has 0 aliphatic carbocycles. The van der Waals surface area contributed by atoms with Gasteiger partial charge in [0, 0.05) is 25.8 Å². The fraction of sp³-hybridized carbons (Fsp3) is 0.462. The van der Waals surface area contributed by atoms with Crippen LogP contribution in [0.5, 0.6) is 0 Å². The van der Waals surface area contributed by atoms with Crippen LogP contribution < -0.4 is 0 Å². The standard InChI is InChI=1S/C13H18N2O2S/c1-18(16,17)12-7-5-11(6-8-12)10-15-9-3-2-4-13(15)14/h5-8,14H,2-4,9-10H2,1H3. The van der Waals surface area contributed by atoms with E-state index in [-0.39, 0.29) is 0 Å². The molecule has 0 spiro atoms. The van der Waals surface area contributed by atoms with E-state index in [1.165, 1.54) is 6.26 Å². The molecule has 1 saturated heterocycles. The SMILES string of the molecule is CS(=O)(=O)c1ccc(CN2CCCCC2=N)cc1. The summed E-state index contributed by atoms with van der Waals surface area (Å²) in [5.41, 5.74) is 1.05. The van der Waals surface area contributed by atoms with Crippen molar-refractivity contribution < 1.29 is 8.42 Å². The Labute approximate surface area is 108 Å². The van der Waals surface area contributed by atoms with Gasteiger partial charge in [-0.05, 0) is 30.5 Å². The molecule has 0 atom stereocenters. The first kappa shape index (κ1) is 13.1. The molecule has 5 heteroatoms. The molecule has 0 aromatic heterocycles. The van der Waals surface area contributed by atoms with E-state index in [1.807, 2.05) is 12.1 Å². The third kappa shape index (κ3) is 3.10. The molecule has 1 N–H and O–H groups in total. The minimum atomic E-state index is -3.12. The van der Waals surface area contributed by atoms with Crippen molar-refractivity contribution >= 4 is 15.7 Å². The van der Waals surface area contributed by atoms with E-state index in [0.717, 1.165) is 31.4 Å². The number of hydrogen-bond donors (Lipinski definition) is 1. The third-order valence-electron chi connectivity index (χ3n) is 3.20. The summed E-state index contributed by atoms with van der Waals surface area (Å²) >= 11 is 0. The number of hydrogen-bond acceptors (Lipinski definition) is 3. The van der Waals surface area contributed by atoms with Crippen LogP contribution in [0.25, 0.3) is 0 Å². The van der Waals surface area contributed by atoms with E-state index in [4.69, 9.17) is 5.41 Å². The lowest BCUT2D eigenvalue weighted by Gasteiger charge is -2.29. The van der Waals surface area contributed by atoms with Crippen LogP contribution in [-0.4, -0.2) is 32.0 Å². The van der Waals surface area contributed by atoms with Crippen molar-refractivity contribution in [2.24, 2.45) is 0 Å². The summed E-state index contributed by atoms with van der Waals surface area (Å²) < 4.78 is 22.7. The van der Waals surface area contributed by atoms with E-state index < -0.39 is 9.84 Å². The largest absolute Gasteiger partial charge is 0.356 e. The Morgan fingerprint density at radius 1 is 1.22 bits per heavy atom. The molecule has 4 nitrogen and oxygen atoms in total. The molecule has 0 amide bonds. The average Bonchev–Trinajstić information content (AvgIpc) is 2.32. The number of rotatable bonds is 3. The minimum absolute atomic E-state index is 0.347. The zero-order valence-corrected chi connectivity index (χ0v) is 11.3. The van der Waals surface area contributed by atoms with Gasteiger partial charge in [0.2, 0.25) is 0 Å². The second kappa shape index (κ2) is 5.10. The molecule has 1 fully saturated rings. The highest BCUT2D eigenvalue weighted by Gasteiger charge is 2.15. The van der Waals surface area contributed by atoms with Crippen molar-refractivity contribution in [1.29, 1.82) is 5.41 Å². The molecule has 0 bridgehead atoms. The third-order valence-corrected chi connectivity index (χ3v) is 4.33. The van der Waals surface area contributed by atoms with Gasteiger partial charge in [0.25, 0.3) is 0 Å². The number of sulfone groups is 1. The van der Waals surface area contributed by atoms with Crippen molar-refractivity contribution in [3.05, 3.63) is 29.8 Å². The molecule has 18 heavy (non-hydrogen) atoms. The van der Waals surface area contributed by atoms with Crippen LogP contribution >= 0.6 is 0 Å². The normalized spacial score (nSPS) is 16.9. The molecule has 0 unspecified atom stereocenters. The van der Waals surface area contributed by atoms with E-state index in [1.54, 1.807) is 12.1 Å². The Kier molecular flexibility index (Phi) is 3.71. The second-order valence-corrected chi connectivity index (χ2v) is 6.76. The first-order chi connectivity index (χ1) is 8.47. The van der Waals surface area contributed by atoms with E-state index in [2.05, 4.69) is 4.90 Å². The molecular weight excluding hydrogens is 248 g/mol. The minimum Gasteiger partial charge on any atom is -0.356 e.